The molecule has 1 saturated heterocycles. The summed E-state index contributed by atoms with van der Waals surface area (Å²) >= 11 is 3.28. The highest BCUT2D eigenvalue weighted by molar-refractivity contribution is 9.10. The molecule has 1 aromatic carbocycles. The lowest BCUT2D eigenvalue weighted by Crippen LogP contribution is -2.52. The minimum atomic E-state index is -0.800. The number of nitrogens with zero attached hydrogens (tertiary/aromatic N) is 3. The first-order chi connectivity index (χ1) is 11.6. The summed E-state index contributed by atoms with van der Waals surface area (Å²) in [6, 6.07) is 5.26. The summed E-state index contributed by atoms with van der Waals surface area (Å²) in [5, 5.41) is 20.7. The fourth-order valence-electron chi connectivity index (χ4n) is 3.02. The molecule has 1 aromatic rings. The van der Waals surface area contributed by atoms with Crippen LogP contribution in [-0.2, 0) is 4.79 Å². The average molecular weight is 414 g/mol. The van der Waals surface area contributed by atoms with E-state index in [0.717, 1.165) is 13.0 Å². The van der Waals surface area contributed by atoms with Crippen LogP contribution in [0, 0.1) is 15.5 Å². The minimum Gasteiger partial charge on any atom is -0.481 e. The Bertz CT molecular complexity index is 665. The van der Waals surface area contributed by atoms with Crippen LogP contribution < -0.4 is 4.90 Å². The minimum absolute atomic E-state index is 0.0866. The highest BCUT2D eigenvalue weighted by Gasteiger charge is 2.32. The number of carboxylic acid groups (broad SMARTS) is 1. The Morgan fingerprint density at radius 1 is 1.44 bits per heavy atom. The summed E-state index contributed by atoms with van der Waals surface area (Å²) < 4.78 is 0.678. The zero-order valence-electron chi connectivity index (χ0n) is 14.7. The summed E-state index contributed by atoms with van der Waals surface area (Å²) in [5.74, 6) is -0.800. The van der Waals surface area contributed by atoms with E-state index < -0.39 is 11.4 Å². The molecule has 1 atom stereocenters. The van der Waals surface area contributed by atoms with Crippen molar-refractivity contribution in [3.63, 3.8) is 0 Å². The summed E-state index contributed by atoms with van der Waals surface area (Å²) in [4.78, 5) is 26.6. The number of rotatable bonds is 6. The molecule has 1 fully saturated rings. The van der Waals surface area contributed by atoms with Crippen LogP contribution in [0.5, 0.6) is 0 Å². The van der Waals surface area contributed by atoms with E-state index in [4.69, 9.17) is 0 Å². The van der Waals surface area contributed by atoms with Gasteiger partial charge in [-0.2, -0.15) is 0 Å². The van der Waals surface area contributed by atoms with E-state index in [9.17, 15) is 20.0 Å². The first-order valence-electron chi connectivity index (χ1n) is 8.24. The van der Waals surface area contributed by atoms with Gasteiger partial charge in [0.05, 0.1) is 10.3 Å². The molecule has 1 N–H and O–H groups in total. The van der Waals surface area contributed by atoms with Crippen molar-refractivity contribution in [1.82, 2.24) is 4.90 Å². The predicted molar refractivity (Wildman–Crippen MR) is 100 cm³/mol. The fraction of sp³-hybridized carbons (Fsp3) is 0.588. The highest BCUT2D eigenvalue weighted by Crippen LogP contribution is 2.33. The van der Waals surface area contributed by atoms with Gasteiger partial charge in [-0.15, -0.1) is 0 Å². The standard InChI is InChI=1S/C17H24BrN3O4/c1-17(2,16(22)23)7-6-13-11-20(9-8-19(13)3)14-5-4-12(18)10-15(14)21(24)25/h4-5,10,13H,6-9,11H2,1-3H3,(H,22,23). The molecule has 0 aliphatic carbocycles. The van der Waals surface area contributed by atoms with E-state index in [-0.39, 0.29) is 16.7 Å². The molecule has 0 radical (unpaired) electrons. The van der Waals surface area contributed by atoms with Crippen LogP contribution in [0.15, 0.2) is 22.7 Å². The summed E-state index contributed by atoms with van der Waals surface area (Å²) in [5.41, 5.74) is -0.0699. The van der Waals surface area contributed by atoms with Gasteiger partial charge in [0.2, 0.25) is 0 Å². The second-order valence-electron chi connectivity index (χ2n) is 7.20. The molecule has 1 aliphatic heterocycles. The van der Waals surface area contributed by atoms with E-state index in [1.165, 1.54) is 6.07 Å². The van der Waals surface area contributed by atoms with Gasteiger partial charge >= 0.3 is 5.97 Å². The maximum Gasteiger partial charge on any atom is 0.309 e. The van der Waals surface area contributed by atoms with E-state index in [1.807, 2.05) is 18.0 Å². The van der Waals surface area contributed by atoms with Crippen LogP contribution in [0.2, 0.25) is 0 Å². The average Bonchev–Trinajstić information content (AvgIpc) is 2.54. The molecule has 1 heterocycles. The van der Waals surface area contributed by atoms with Gasteiger partial charge in [0.1, 0.15) is 5.69 Å². The molecule has 2 rings (SSSR count). The topological polar surface area (TPSA) is 86.9 Å². The molecule has 7 nitrogen and oxygen atoms in total. The van der Waals surface area contributed by atoms with E-state index >= 15 is 0 Å². The van der Waals surface area contributed by atoms with Gasteiger partial charge in [0, 0.05) is 36.2 Å². The van der Waals surface area contributed by atoms with E-state index in [1.54, 1.807) is 19.9 Å². The van der Waals surface area contributed by atoms with E-state index in [2.05, 4.69) is 20.8 Å². The predicted octanol–water partition coefficient (Wildman–Crippen LogP) is 3.37. The molecule has 0 amide bonds. The fourth-order valence-corrected chi connectivity index (χ4v) is 3.37. The molecule has 1 unspecified atom stereocenters. The van der Waals surface area contributed by atoms with Crippen LogP contribution in [0.4, 0.5) is 11.4 Å². The third-order valence-corrected chi connectivity index (χ3v) is 5.43. The number of aliphatic carboxylic acids is 1. The van der Waals surface area contributed by atoms with Gasteiger partial charge in [-0.1, -0.05) is 15.9 Å². The maximum absolute atomic E-state index is 11.4. The number of halogens is 1. The zero-order valence-corrected chi connectivity index (χ0v) is 16.3. The lowest BCUT2D eigenvalue weighted by Gasteiger charge is -2.41. The van der Waals surface area contributed by atoms with Crippen LogP contribution >= 0.6 is 15.9 Å². The third-order valence-electron chi connectivity index (χ3n) is 4.93. The molecule has 0 aromatic heterocycles. The van der Waals surface area contributed by atoms with E-state index in [0.29, 0.717) is 29.7 Å². The second kappa shape index (κ2) is 7.70. The molecule has 25 heavy (non-hydrogen) atoms. The van der Waals surface area contributed by atoms with Gasteiger partial charge in [0.25, 0.3) is 5.69 Å². The summed E-state index contributed by atoms with van der Waals surface area (Å²) in [7, 11) is 2.02. The van der Waals surface area contributed by atoms with Gasteiger partial charge in [-0.05, 0) is 45.9 Å². The molecule has 0 bridgehead atoms. The molecular formula is C17H24BrN3O4. The molecular weight excluding hydrogens is 390 g/mol. The Morgan fingerprint density at radius 3 is 2.72 bits per heavy atom. The smallest absolute Gasteiger partial charge is 0.309 e. The Balaban J connectivity index is 2.15. The Labute approximate surface area is 155 Å². The number of hydrogen-bond acceptors (Lipinski definition) is 5. The highest BCUT2D eigenvalue weighted by atomic mass is 79.9. The van der Waals surface area contributed by atoms with Crippen LogP contribution in [0.1, 0.15) is 26.7 Å². The number of nitro groups is 1. The largest absolute Gasteiger partial charge is 0.481 e. The lowest BCUT2D eigenvalue weighted by molar-refractivity contribution is -0.384. The Morgan fingerprint density at radius 2 is 2.12 bits per heavy atom. The molecule has 0 saturated carbocycles. The SMILES string of the molecule is CN1CCN(c2ccc(Br)cc2[N+](=O)[O-])CC1CCC(C)(C)C(=O)O. The number of piperazine rings is 1. The molecule has 138 valence electrons. The first-order valence-corrected chi connectivity index (χ1v) is 9.03. The van der Waals surface area contributed by atoms with Crippen molar-refractivity contribution < 1.29 is 14.8 Å². The zero-order chi connectivity index (χ0) is 18.8. The molecule has 8 heteroatoms. The lowest BCUT2D eigenvalue weighted by atomic mass is 9.86. The summed E-state index contributed by atoms with van der Waals surface area (Å²) in [6.45, 7) is 5.60. The number of carbonyl (C=O) groups is 1. The normalized spacial score (nSPS) is 19.0. The number of hydrogen-bond donors (Lipinski definition) is 1. The molecule has 1 aliphatic rings. The van der Waals surface area contributed by atoms with Crippen LogP contribution in [-0.4, -0.2) is 53.6 Å². The summed E-state index contributed by atoms with van der Waals surface area (Å²) in [6.07, 6.45) is 1.30. The second-order valence-corrected chi connectivity index (χ2v) is 8.11. The quantitative estimate of drug-likeness (QED) is 0.568. The van der Waals surface area contributed by atoms with Gasteiger partial charge in [-0.3, -0.25) is 19.8 Å². The first kappa shape index (κ1) is 19.7. The Hall–Kier alpha value is -1.67. The number of carboxylic acids is 1. The number of nitro benzene ring substituents is 1. The number of likely N-dealkylation sites (N-methyl/N-ethyl adjacent to an activating group) is 1. The van der Waals surface area contributed by atoms with Gasteiger partial charge in [-0.25, -0.2) is 0 Å². The number of anilines is 1. The third kappa shape index (κ3) is 4.70. The van der Waals surface area contributed by atoms with Crippen molar-refractivity contribution in [2.24, 2.45) is 5.41 Å². The van der Waals surface area contributed by atoms with Crippen molar-refractivity contribution in [1.29, 1.82) is 0 Å². The molecule has 0 spiro atoms. The van der Waals surface area contributed by atoms with Crippen LogP contribution in [0.25, 0.3) is 0 Å². The van der Waals surface area contributed by atoms with Crippen molar-refractivity contribution in [3.8, 4) is 0 Å². The monoisotopic (exact) mass is 413 g/mol. The van der Waals surface area contributed by atoms with Gasteiger partial charge < -0.3 is 10.0 Å². The maximum atomic E-state index is 11.4. The van der Waals surface area contributed by atoms with Crippen molar-refractivity contribution in [2.45, 2.75) is 32.7 Å². The van der Waals surface area contributed by atoms with Gasteiger partial charge in [0.15, 0.2) is 0 Å². The van der Waals surface area contributed by atoms with Crippen molar-refractivity contribution >= 4 is 33.3 Å². The Kier molecular flexibility index (Phi) is 6.05. The van der Waals surface area contributed by atoms with Crippen LogP contribution in [0.3, 0.4) is 0 Å². The van der Waals surface area contributed by atoms with Crippen molar-refractivity contribution in [2.75, 3.05) is 31.6 Å². The number of benzene rings is 1. The van der Waals surface area contributed by atoms with Crippen molar-refractivity contribution in [3.05, 3.63) is 32.8 Å².